The summed E-state index contributed by atoms with van der Waals surface area (Å²) in [6.07, 6.45) is 8.61. The molecule has 0 radical (unpaired) electrons. The first-order chi connectivity index (χ1) is 7.23. The lowest BCUT2D eigenvalue weighted by Crippen LogP contribution is -2.42. The summed E-state index contributed by atoms with van der Waals surface area (Å²) in [4.78, 5) is 0. The summed E-state index contributed by atoms with van der Waals surface area (Å²) in [6, 6.07) is 11.2. The molecule has 2 bridgehead atoms. The van der Waals surface area contributed by atoms with Crippen LogP contribution in [0.3, 0.4) is 0 Å². The van der Waals surface area contributed by atoms with Crippen molar-refractivity contribution in [3.8, 4) is 0 Å². The fraction of sp³-hybridized carbons (Fsp3) is 0.600. The van der Waals surface area contributed by atoms with Gasteiger partial charge in [-0.3, -0.25) is 0 Å². The zero-order chi connectivity index (χ0) is 10.4. The van der Waals surface area contributed by atoms with Gasteiger partial charge < -0.3 is 0 Å². The van der Waals surface area contributed by atoms with Crippen LogP contribution in [0.15, 0.2) is 30.3 Å². The fourth-order valence-electron chi connectivity index (χ4n) is 3.60. The Labute approximate surface area is 92.7 Å². The van der Waals surface area contributed by atoms with Crippen LogP contribution in [0, 0.1) is 5.41 Å². The largest absolute Gasteiger partial charge is 0.0622 e. The Balaban J connectivity index is 1.94. The van der Waals surface area contributed by atoms with Crippen LogP contribution in [-0.4, -0.2) is 0 Å². The maximum absolute atomic E-state index is 2.49. The number of fused-ring (bicyclic) bond motifs is 3. The normalized spacial score (nSPS) is 39.3. The zero-order valence-electron chi connectivity index (χ0n) is 9.63. The second-order valence-electron chi connectivity index (χ2n) is 5.96. The molecule has 1 aromatic rings. The lowest BCUT2D eigenvalue weighted by atomic mass is 9.52. The molecule has 0 heteroatoms. The highest BCUT2D eigenvalue weighted by Crippen LogP contribution is 2.57. The summed E-state index contributed by atoms with van der Waals surface area (Å²) in [7, 11) is 0. The smallest absolute Gasteiger partial charge is 0.00464 e. The summed E-state index contributed by atoms with van der Waals surface area (Å²) in [6.45, 7) is 2.49. The lowest BCUT2D eigenvalue weighted by molar-refractivity contribution is 0.0556. The molecule has 3 fully saturated rings. The van der Waals surface area contributed by atoms with Crippen LogP contribution in [0.4, 0.5) is 0 Å². The molecule has 15 heavy (non-hydrogen) atoms. The van der Waals surface area contributed by atoms with Gasteiger partial charge in [0, 0.05) is 0 Å². The van der Waals surface area contributed by atoms with Crippen molar-refractivity contribution in [3.63, 3.8) is 0 Å². The van der Waals surface area contributed by atoms with Gasteiger partial charge in [-0.05, 0) is 54.9 Å². The molecule has 3 aliphatic rings. The Kier molecular flexibility index (Phi) is 1.95. The molecule has 0 spiro atoms. The topological polar surface area (TPSA) is 0 Å². The molecule has 0 unspecified atom stereocenters. The Bertz CT molecular complexity index is 325. The number of rotatable bonds is 1. The van der Waals surface area contributed by atoms with Crippen molar-refractivity contribution < 1.29 is 0 Å². The Morgan fingerprint density at radius 1 is 0.800 bits per heavy atom. The van der Waals surface area contributed by atoms with Crippen molar-refractivity contribution in [1.82, 2.24) is 0 Å². The van der Waals surface area contributed by atoms with Gasteiger partial charge in [0.05, 0.1) is 0 Å². The van der Waals surface area contributed by atoms with E-state index in [0.717, 1.165) is 0 Å². The summed E-state index contributed by atoms with van der Waals surface area (Å²) in [5.41, 5.74) is 2.85. The van der Waals surface area contributed by atoms with E-state index < -0.39 is 0 Å². The Morgan fingerprint density at radius 2 is 1.33 bits per heavy atom. The Hall–Kier alpha value is -0.780. The lowest BCUT2D eigenvalue weighted by Gasteiger charge is -2.52. The highest BCUT2D eigenvalue weighted by molar-refractivity contribution is 5.27. The number of benzene rings is 1. The third-order valence-corrected chi connectivity index (χ3v) is 5.01. The van der Waals surface area contributed by atoms with Crippen LogP contribution >= 0.6 is 0 Å². The minimum Gasteiger partial charge on any atom is -0.0622 e. The van der Waals surface area contributed by atoms with Crippen molar-refractivity contribution in [2.45, 2.75) is 50.9 Å². The van der Waals surface area contributed by atoms with Crippen molar-refractivity contribution >= 4 is 0 Å². The highest BCUT2D eigenvalue weighted by atomic mass is 14.5. The molecule has 0 heterocycles. The molecule has 80 valence electrons. The van der Waals surface area contributed by atoms with E-state index >= 15 is 0 Å². The second kappa shape index (κ2) is 3.10. The monoisotopic (exact) mass is 200 g/mol. The average molecular weight is 200 g/mol. The van der Waals surface area contributed by atoms with Gasteiger partial charge in [-0.15, -0.1) is 0 Å². The van der Waals surface area contributed by atoms with Crippen molar-refractivity contribution in [3.05, 3.63) is 35.9 Å². The fourth-order valence-corrected chi connectivity index (χ4v) is 3.60. The molecule has 1 aromatic carbocycles. The third-order valence-electron chi connectivity index (χ3n) is 5.01. The van der Waals surface area contributed by atoms with Gasteiger partial charge in [0.25, 0.3) is 0 Å². The molecule has 0 saturated heterocycles. The van der Waals surface area contributed by atoms with Gasteiger partial charge in [0.1, 0.15) is 0 Å². The maximum atomic E-state index is 2.49. The van der Waals surface area contributed by atoms with Crippen molar-refractivity contribution in [2.24, 2.45) is 5.41 Å². The minimum absolute atomic E-state index is 0.555. The minimum atomic E-state index is 0.555. The standard InChI is InChI=1S/C15H20/c1-14-7-10-15(11-8-14,12-9-14)13-5-3-2-4-6-13/h2-6H,7-12H2,1H3. The molecule has 3 saturated carbocycles. The van der Waals surface area contributed by atoms with Gasteiger partial charge in [0.15, 0.2) is 0 Å². The van der Waals surface area contributed by atoms with E-state index in [2.05, 4.69) is 37.3 Å². The summed E-state index contributed by atoms with van der Waals surface area (Å²) in [5, 5.41) is 0. The molecule has 4 rings (SSSR count). The van der Waals surface area contributed by atoms with E-state index in [1.54, 1.807) is 5.56 Å². The van der Waals surface area contributed by atoms with Crippen LogP contribution in [-0.2, 0) is 5.41 Å². The molecular weight excluding hydrogens is 180 g/mol. The van der Waals surface area contributed by atoms with E-state index in [9.17, 15) is 0 Å². The van der Waals surface area contributed by atoms with Crippen LogP contribution in [0.25, 0.3) is 0 Å². The molecule has 0 amide bonds. The summed E-state index contributed by atoms with van der Waals surface area (Å²) < 4.78 is 0. The zero-order valence-corrected chi connectivity index (χ0v) is 9.63. The first-order valence-electron chi connectivity index (χ1n) is 6.28. The predicted octanol–water partition coefficient (Wildman–Crippen LogP) is 4.30. The van der Waals surface area contributed by atoms with E-state index in [1.807, 2.05) is 0 Å². The van der Waals surface area contributed by atoms with E-state index in [4.69, 9.17) is 0 Å². The molecule has 0 atom stereocenters. The first-order valence-corrected chi connectivity index (χ1v) is 6.28. The van der Waals surface area contributed by atoms with E-state index in [-0.39, 0.29) is 0 Å². The molecule has 3 aliphatic carbocycles. The number of hydrogen-bond donors (Lipinski definition) is 0. The summed E-state index contributed by atoms with van der Waals surface area (Å²) in [5.74, 6) is 0. The van der Waals surface area contributed by atoms with E-state index in [0.29, 0.717) is 10.8 Å². The third kappa shape index (κ3) is 1.42. The molecule has 0 aliphatic heterocycles. The van der Waals surface area contributed by atoms with Gasteiger partial charge in [-0.25, -0.2) is 0 Å². The first kappa shape index (κ1) is 9.45. The molecule has 0 nitrogen and oxygen atoms in total. The molecule has 0 N–H and O–H groups in total. The van der Waals surface area contributed by atoms with Crippen LogP contribution < -0.4 is 0 Å². The van der Waals surface area contributed by atoms with Gasteiger partial charge in [0.2, 0.25) is 0 Å². The van der Waals surface area contributed by atoms with Gasteiger partial charge in [-0.1, -0.05) is 37.3 Å². The van der Waals surface area contributed by atoms with Gasteiger partial charge in [-0.2, -0.15) is 0 Å². The van der Waals surface area contributed by atoms with Crippen LogP contribution in [0.5, 0.6) is 0 Å². The van der Waals surface area contributed by atoms with E-state index in [1.165, 1.54) is 38.5 Å². The molecule has 0 aromatic heterocycles. The SMILES string of the molecule is CC12CCC(c3ccccc3)(CC1)CC2. The predicted molar refractivity (Wildman–Crippen MR) is 63.9 cm³/mol. The average Bonchev–Trinajstić information content (AvgIpc) is 2.32. The quantitative estimate of drug-likeness (QED) is 0.634. The van der Waals surface area contributed by atoms with Gasteiger partial charge >= 0.3 is 0 Å². The van der Waals surface area contributed by atoms with Crippen molar-refractivity contribution in [1.29, 1.82) is 0 Å². The van der Waals surface area contributed by atoms with Crippen molar-refractivity contribution in [2.75, 3.05) is 0 Å². The molecular formula is C15H20. The Morgan fingerprint density at radius 3 is 1.87 bits per heavy atom. The second-order valence-corrected chi connectivity index (χ2v) is 5.96. The summed E-state index contributed by atoms with van der Waals surface area (Å²) >= 11 is 0. The highest BCUT2D eigenvalue weighted by Gasteiger charge is 2.46. The number of hydrogen-bond acceptors (Lipinski definition) is 0. The van der Waals surface area contributed by atoms with Crippen LogP contribution in [0.2, 0.25) is 0 Å². The van der Waals surface area contributed by atoms with Crippen LogP contribution in [0.1, 0.15) is 51.0 Å². The maximum Gasteiger partial charge on any atom is -0.00464 e.